The van der Waals surface area contributed by atoms with Crippen LogP contribution in [0.15, 0.2) is 119 Å². The van der Waals surface area contributed by atoms with Crippen LogP contribution < -0.4 is 14.8 Å². The Kier molecular flexibility index (Phi) is 12.1. The van der Waals surface area contributed by atoms with Crippen LogP contribution in [0, 0.1) is 27.7 Å². The highest BCUT2D eigenvalue weighted by Gasteiger charge is 2.32. The molecule has 1 amide bonds. The van der Waals surface area contributed by atoms with Crippen LogP contribution in [0.3, 0.4) is 0 Å². The van der Waals surface area contributed by atoms with Crippen molar-refractivity contribution in [2.75, 3.05) is 33.9 Å². The van der Waals surface area contributed by atoms with Crippen LogP contribution in [0.4, 0.5) is 0 Å². The van der Waals surface area contributed by atoms with Gasteiger partial charge in [-0.2, -0.15) is 0 Å². The van der Waals surface area contributed by atoms with Crippen LogP contribution in [0.5, 0.6) is 11.5 Å². The van der Waals surface area contributed by atoms with Crippen molar-refractivity contribution in [3.63, 3.8) is 0 Å². The number of aromatic nitrogens is 6. The van der Waals surface area contributed by atoms with Crippen LogP contribution in [-0.2, 0) is 11.3 Å². The fourth-order valence-corrected chi connectivity index (χ4v) is 9.81. The van der Waals surface area contributed by atoms with Gasteiger partial charge in [0.15, 0.2) is 11.6 Å². The second-order valence-electron chi connectivity index (χ2n) is 18.0. The van der Waals surface area contributed by atoms with Gasteiger partial charge in [-0.05, 0) is 107 Å². The molecule has 7 aromatic rings. The Bertz CT molecular complexity index is 3010. The van der Waals surface area contributed by atoms with E-state index in [1.54, 1.807) is 14.2 Å². The number of likely N-dealkylation sites (tertiary alicyclic amines) is 1. The number of hydrogen-bond acceptors (Lipinski definition) is 10. The molecule has 1 N–H and O–H groups in total. The Morgan fingerprint density at radius 1 is 0.642 bits per heavy atom. The normalized spacial score (nSPS) is 16.9. The zero-order valence-corrected chi connectivity index (χ0v) is 39.0. The summed E-state index contributed by atoms with van der Waals surface area (Å²) in [6.45, 7) is 11.4. The minimum Gasteiger partial charge on any atom is -0.497 e. The molecule has 3 aliphatic heterocycles. The number of rotatable bonds is 12. The number of carbonyl (C=O) groups is 1. The first-order valence-corrected chi connectivity index (χ1v) is 23.2. The molecule has 0 saturated carbocycles. The quantitative estimate of drug-likeness (QED) is 0.129. The van der Waals surface area contributed by atoms with Gasteiger partial charge in [0.2, 0.25) is 5.91 Å². The van der Waals surface area contributed by atoms with Crippen LogP contribution in [0.1, 0.15) is 111 Å². The average Bonchev–Trinajstić information content (AvgIpc) is 3.86. The monoisotopic (exact) mass is 892 g/mol. The molecule has 0 spiro atoms. The number of aliphatic imine (C=N–C) groups is 2. The highest BCUT2D eigenvalue weighted by molar-refractivity contribution is 6.16. The Labute approximate surface area is 391 Å². The molecule has 340 valence electrons. The number of amides is 1. The van der Waals surface area contributed by atoms with Gasteiger partial charge in [0.05, 0.1) is 43.4 Å². The Balaban J connectivity index is 0.804. The fourth-order valence-electron chi connectivity index (χ4n) is 9.81. The lowest BCUT2D eigenvalue weighted by Gasteiger charge is -2.32. The number of nitrogens with zero attached hydrogens (tertiary/aromatic N) is 9. The van der Waals surface area contributed by atoms with E-state index < -0.39 is 6.04 Å². The smallest absolute Gasteiger partial charge is 0.222 e. The second kappa shape index (κ2) is 18.6. The van der Waals surface area contributed by atoms with Crippen molar-refractivity contribution in [1.82, 2.24) is 39.7 Å². The summed E-state index contributed by atoms with van der Waals surface area (Å²) in [4.78, 5) is 27.2. The summed E-state index contributed by atoms with van der Waals surface area (Å²) >= 11 is 0. The van der Waals surface area contributed by atoms with Gasteiger partial charge in [0.1, 0.15) is 35.2 Å². The van der Waals surface area contributed by atoms with Crippen molar-refractivity contribution in [2.45, 2.75) is 77.9 Å². The first kappa shape index (κ1) is 43.6. The highest BCUT2D eigenvalue weighted by Crippen LogP contribution is 2.37. The predicted octanol–water partition coefficient (Wildman–Crippen LogP) is 8.86. The van der Waals surface area contributed by atoms with E-state index in [0.29, 0.717) is 18.3 Å². The summed E-state index contributed by atoms with van der Waals surface area (Å²) in [6.07, 6.45) is 3.04. The molecule has 13 heteroatoms. The molecule has 1 fully saturated rings. The molecular weight excluding hydrogens is 837 g/mol. The second-order valence-corrected chi connectivity index (χ2v) is 18.0. The third-order valence-corrected chi connectivity index (χ3v) is 13.5. The largest absolute Gasteiger partial charge is 0.497 e. The van der Waals surface area contributed by atoms with Gasteiger partial charge >= 0.3 is 0 Å². The molecule has 3 aliphatic rings. The lowest BCUT2D eigenvalue weighted by Crippen LogP contribution is -2.34. The number of benzene rings is 5. The first-order valence-electron chi connectivity index (χ1n) is 23.2. The van der Waals surface area contributed by atoms with Crippen molar-refractivity contribution in [3.05, 3.63) is 177 Å². The van der Waals surface area contributed by atoms with E-state index in [4.69, 9.17) is 24.6 Å². The minimum atomic E-state index is -0.556. The number of ether oxygens (including phenoxy) is 2. The van der Waals surface area contributed by atoms with Crippen molar-refractivity contribution in [2.24, 2.45) is 9.98 Å². The number of carbonyl (C=O) groups excluding carboxylic acids is 1. The van der Waals surface area contributed by atoms with Gasteiger partial charge in [-0.1, -0.05) is 83.9 Å². The molecule has 2 aromatic heterocycles. The van der Waals surface area contributed by atoms with Gasteiger partial charge in [-0.25, -0.2) is 0 Å². The molecule has 10 rings (SSSR count). The summed E-state index contributed by atoms with van der Waals surface area (Å²) in [6, 6.07) is 37.0. The number of nitrogens with one attached hydrogen (secondary N) is 1. The van der Waals surface area contributed by atoms with E-state index in [-0.39, 0.29) is 18.4 Å². The first-order chi connectivity index (χ1) is 32.6. The van der Waals surface area contributed by atoms with E-state index in [9.17, 15) is 4.79 Å². The zero-order valence-electron chi connectivity index (χ0n) is 39.0. The van der Waals surface area contributed by atoms with Gasteiger partial charge in [-0.3, -0.25) is 23.9 Å². The number of hydrogen-bond donors (Lipinski definition) is 1. The van der Waals surface area contributed by atoms with Gasteiger partial charge in [0, 0.05) is 41.4 Å². The summed E-state index contributed by atoms with van der Waals surface area (Å²) < 4.78 is 15.5. The highest BCUT2D eigenvalue weighted by atomic mass is 16.5. The summed E-state index contributed by atoms with van der Waals surface area (Å²) in [5, 5.41) is 21.5. The lowest BCUT2D eigenvalue weighted by atomic mass is 9.88. The van der Waals surface area contributed by atoms with Crippen molar-refractivity contribution in [3.8, 4) is 22.9 Å². The number of methoxy groups -OCH3 is 2. The van der Waals surface area contributed by atoms with Gasteiger partial charge < -0.3 is 19.7 Å². The average molecular weight is 893 g/mol. The molecule has 1 saturated heterocycles. The van der Waals surface area contributed by atoms with Crippen molar-refractivity contribution >= 4 is 17.3 Å². The zero-order chi connectivity index (χ0) is 46.2. The molecule has 0 radical (unpaired) electrons. The van der Waals surface area contributed by atoms with Crippen LogP contribution in [0.2, 0.25) is 0 Å². The Hall–Kier alpha value is -7.25. The molecule has 13 nitrogen and oxygen atoms in total. The predicted molar refractivity (Wildman–Crippen MR) is 260 cm³/mol. The van der Waals surface area contributed by atoms with Gasteiger partial charge in [0.25, 0.3) is 0 Å². The SMILES string of the molecule is COc1ccc2c(c1)C(c1ccc(C)cc1)=N[C@@H](CC(=O)NCc1cccc(C3CCN(CC[C@H]4N=C(c5ccc(C)cc5)c5ccc(OC)cc5-n5c(C)nnc54)CC3)c1)c1nnc(C)n1-2. The van der Waals surface area contributed by atoms with E-state index in [1.807, 2.05) is 42.7 Å². The minimum absolute atomic E-state index is 0.104. The maximum absolute atomic E-state index is 13.9. The number of piperidine rings is 1. The molecule has 67 heavy (non-hydrogen) atoms. The summed E-state index contributed by atoms with van der Waals surface area (Å²) in [5.41, 5.74) is 12.3. The third kappa shape index (κ3) is 8.79. The Morgan fingerprint density at radius 2 is 1.24 bits per heavy atom. The van der Waals surface area contributed by atoms with Crippen LogP contribution in [-0.4, -0.2) is 85.6 Å². The molecule has 0 aliphatic carbocycles. The van der Waals surface area contributed by atoms with E-state index in [0.717, 1.165) is 124 Å². The Morgan fingerprint density at radius 3 is 1.91 bits per heavy atom. The molecule has 0 unspecified atom stereocenters. The van der Waals surface area contributed by atoms with E-state index in [2.05, 4.69) is 129 Å². The van der Waals surface area contributed by atoms with Crippen molar-refractivity contribution < 1.29 is 14.3 Å². The van der Waals surface area contributed by atoms with Crippen LogP contribution in [0.25, 0.3) is 11.4 Å². The molecule has 2 atom stereocenters. The summed E-state index contributed by atoms with van der Waals surface area (Å²) in [7, 11) is 3.36. The molecule has 5 aromatic carbocycles. The summed E-state index contributed by atoms with van der Waals surface area (Å²) in [5.74, 6) is 4.87. The van der Waals surface area contributed by atoms with Crippen LogP contribution >= 0.6 is 0 Å². The number of fused-ring (bicyclic) bond motifs is 6. The van der Waals surface area contributed by atoms with Gasteiger partial charge in [-0.15, -0.1) is 20.4 Å². The number of aryl methyl sites for hydroxylation is 4. The molecule has 0 bridgehead atoms. The lowest BCUT2D eigenvalue weighted by molar-refractivity contribution is -0.121. The fraction of sp³-hybridized carbons (Fsp3) is 0.315. The standard InChI is InChI=1S/C54H56N10O3/c1-33-10-14-39(15-11-33)51-44-20-18-43(67-6)30-49(44)64-36(4)59-60-53(64)46(56-51)24-27-62-25-22-38(23-26-62)41-9-7-8-37(28-41)32-55-50(65)31-47-54-61-58-35(3)63(54)48-21-19-42(66-5)29-45(48)52(57-47)40-16-12-34(2)13-17-40/h7-21,28-30,38,46-47H,22-27,31-32H2,1-6H3,(H,55,65)/t46-,47+/m1/s1. The molecule has 5 heterocycles. The third-order valence-electron chi connectivity index (χ3n) is 13.5. The van der Waals surface area contributed by atoms with E-state index in [1.165, 1.54) is 11.1 Å². The van der Waals surface area contributed by atoms with Crippen molar-refractivity contribution in [1.29, 1.82) is 0 Å². The maximum atomic E-state index is 13.9. The maximum Gasteiger partial charge on any atom is 0.222 e. The molecular formula is C54H56N10O3. The van der Waals surface area contributed by atoms with E-state index >= 15 is 0 Å². The topological polar surface area (TPSA) is 137 Å².